The van der Waals surface area contributed by atoms with E-state index in [4.69, 9.17) is 4.74 Å². The molecular weight excluding hydrogens is 362 g/mol. The Morgan fingerprint density at radius 1 is 1.07 bits per heavy atom. The molecule has 0 atom stereocenters. The first-order valence-electron chi connectivity index (χ1n) is 10.4. The summed E-state index contributed by atoms with van der Waals surface area (Å²) in [6.45, 7) is 4.36. The number of ether oxygens (including phenoxy) is 1. The Hall–Kier alpha value is -2.63. The number of nitrogens with one attached hydrogen (secondary N) is 1. The summed E-state index contributed by atoms with van der Waals surface area (Å²) >= 11 is 0. The van der Waals surface area contributed by atoms with Crippen molar-refractivity contribution >= 4 is 16.8 Å². The van der Waals surface area contributed by atoms with Crippen LogP contribution in [0.5, 0.6) is 0 Å². The molecule has 29 heavy (non-hydrogen) atoms. The number of hydrogen-bond acceptors (Lipinski definition) is 3. The predicted molar refractivity (Wildman–Crippen MR) is 116 cm³/mol. The van der Waals surface area contributed by atoms with Gasteiger partial charge in [0.1, 0.15) is 0 Å². The maximum absolute atomic E-state index is 13.0. The van der Waals surface area contributed by atoms with Crippen molar-refractivity contribution < 1.29 is 9.53 Å². The molecule has 0 saturated carbocycles. The molecule has 1 amide bonds. The van der Waals surface area contributed by atoms with E-state index in [0.29, 0.717) is 6.61 Å². The molecule has 2 heterocycles. The van der Waals surface area contributed by atoms with E-state index in [9.17, 15) is 4.79 Å². The normalized spacial score (nSPS) is 15.6. The van der Waals surface area contributed by atoms with Gasteiger partial charge in [0.05, 0.1) is 12.2 Å². The molecular formula is C24H29N3O2. The monoisotopic (exact) mass is 391 g/mol. The lowest BCUT2D eigenvalue weighted by molar-refractivity contribution is 0.0910. The molecule has 0 unspecified atom stereocenters. The Kier molecular flexibility index (Phi) is 6.27. The lowest BCUT2D eigenvalue weighted by atomic mass is 10.0. The zero-order valence-corrected chi connectivity index (χ0v) is 17.0. The van der Waals surface area contributed by atoms with Crippen LogP contribution >= 0.6 is 0 Å². The molecule has 1 aliphatic heterocycles. The molecule has 0 spiro atoms. The Morgan fingerprint density at radius 2 is 1.79 bits per heavy atom. The Bertz CT molecular complexity index is 943. The van der Waals surface area contributed by atoms with Gasteiger partial charge >= 0.3 is 0 Å². The molecule has 1 saturated heterocycles. The molecule has 3 aromatic rings. The van der Waals surface area contributed by atoms with Crippen molar-refractivity contribution in [2.45, 2.75) is 32.0 Å². The molecule has 1 N–H and O–H groups in total. The maximum atomic E-state index is 13.0. The molecule has 4 rings (SSSR count). The zero-order chi connectivity index (χ0) is 20.1. The van der Waals surface area contributed by atoms with Gasteiger partial charge in [0.25, 0.3) is 5.91 Å². The lowest BCUT2D eigenvalue weighted by Gasteiger charge is -2.32. The minimum absolute atomic E-state index is 0.0267. The molecule has 5 heteroatoms. The number of benzene rings is 2. The van der Waals surface area contributed by atoms with Crippen molar-refractivity contribution in [1.29, 1.82) is 0 Å². The van der Waals surface area contributed by atoms with E-state index in [1.807, 2.05) is 24.4 Å². The van der Waals surface area contributed by atoms with Crippen LogP contribution in [0, 0.1) is 0 Å². The summed E-state index contributed by atoms with van der Waals surface area (Å²) in [5, 5.41) is 4.27. The second-order valence-corrected chi connectivity index (χ2v) is 7.76. The van der Waals surface area contributed by atoms with E-state index in [-0.39, 0.29) is 11.9 Å². The third kappa shape index (κ3) is 4.69. The molecule has 0 radical (unpaired) electrons. The number of amides is 1. The topological polar surface area (TPSA) is 46.5 Å². The van der Waals surface area contributed by atoms with E-state index in [1.165, 1.54) is 5.56 Å². The summed E-state index contributed by atoms with van der Waals surface area (Å²) in [6.07, 6.45) is 3.94. The number of rotatable bonds is 7. The smallest absolute Gasteiger partial charge is 0.253 e. The SMILES string of the molecule is COCCn1cc(C(=O)NC2CCN(Cc3ccccc3)CC2)c2ccccc21. The van der Waals surface area contributed by atoms with E-state index in [2.05, 4.69) is 51.2 Å². The van der Waals surface area contributed by atoms with Crippen LogP contribution < -0.4 is 5.32 Å². The van der Waals surface area contributed by atoms with Crippen LogP contribution in [0.15, 0.2) is 60.8 Å². The molecule has 0 aliphatic carbocycles. The second-order valence-electron chi connectivity index (χ2n) is 7.76. The maximum Gasteiger partial charge on any atom is 0.253 e. The highest BCUT2D eigenvalue weighted by Crippen LogP contribution is 2.22. The molecule has 152 valence electrons. The number of carbonyl (C=O) groups excluding carboxylic acids is 1. The highest BCUT2D eigenvalue weighted by Gasteiger charge is 2.23. The fourth-order valence-corrected chi connectivity index (χ4v) is 4.14. The molecule has 5 nitrogen and oxygen atoms in total. The number of aromatic nitrogens is 1. The minimum Gasteiger partial charge on any atom is -0.383 e. The van der Waals surface area contributed by atoms with Crippen molar-refractivity contribution in [3.8, 4) is 0 Å². The first-order valence-corrected chi connectivity index (χ1v) is 10.4. The van der Waals surface area contributed by atoms with Gasteiger partial charge in [-0.1, -0.05) is 48.5 Å². The summed E-state index contributed by atoms with van der Waals surface area (Å²) in [7, 11) is 1.70. The van der Waals surface area contributed by atoms with Crippen molar-refractivity contribution in [2.75, 3.05) is 26.8 Å². The van der Waals surface area contributed by atoms with E-state index in [0.717, 1.165) is 55.5 Å². The van der Waals surface area contributed by atoms with Crippen LogP contribution in [-0.4, -0.2) is 48.2 Å². The number of methoxy groups -OCH3 is 1. The van der Waals surface area contributed by atoms with Crippen LogP contribution in [0.3, 0.4) is 0 Å². The third-order valence-electron chi connectivity index (χ3n) is 5.74. The molecule has 2 aromatic carbocycles. The van der Waals surface area contributed by atoms with Crippen molar-refractivity contribution in [2.24, 2.45) is 0 Å². The number of hydrogen-bond donors (Lipinski definition) is 1. The van der Waals surface area contributed by atoms with Crippen LogP contribution in [0.4, 0.5) is 0 Å². The largest absolute Gasteiger partial charge is 0.383 e. The standard InChI is InChI=1S/C24H29N3O2/c1-29-16-15-27-18-22(21-9-5-6-10-23(21)27)24(28)25-20-11-13-26(14-12-20)17-19-7-3-2-4-8-19/h2-10,18,20H,11-17H2,1H3,(H,25,28). The van der Waals surface area contributed by atoms with Crippen molar-refractivity contribution in [1.82, 2.24) is 14.8 Å². The fourth-order valence-electron chi connectivity index (χ4n) is 4.14. The summed E-state index contributed by atoms with van der Waals surface area (Å²) in [4.78, 5) is 15.5. The Balaban J connectivity index is 1.38. The zero-order valence-electron chi connectivity index (χ0n) is 17.0. The van der Waals surface area contributed by atoms with Gasteiger partial charge in [-0.2, -0.15) is 0 Å². The summed E-state index contributed by atoms with van der Waals surface area (Å²) in [6, 6.07) is 18.9. The van der Waals surface area contributed by atoms with Crippen LogP contribution in [-0.2, 0) is 17.8 Å². The van der Waals surface area contributed by atoms with E-state index >= 15 is 0 Å². The summed E-state index contributed by atoms with van der Waals surface area (Å²) < 4.78 is 7.32. The van der Waals surface area contributed by atoms with Gasteiger partial charge in [-0.3, -0.25) is 9.69 Å². The van der Waals surface area contributed by atoms with Gasteiger partial charge in [-0.05, 0) is 24.5 Å². The third-order valence-corrected chi connectivity index (χ3v) is 5.74. The highest BCUT2D eigenvalue weighted by atomic mass is 16.5. The number of carbonyl (C=O) groups is 1. The van der Waals surface area contributed by atoms with E-state index < -0.39 is 0 Å². The van der Waals surface area contributed by atoms with Crippen molar-refractivity contribution in [3.63, 3.8) is 0 Å². The van der Waals surface area contributed by atoms with Gasteiger partial charge in [0.15, 0.2) is 0 Å². The Morgan fingerprint density at radius 3 is 2.55 bits per heavy atom. The highest BCUT2D eigenvalue weighted by molar-refractivity contribution is 6.07. The average molecular weight is 392 g/mol. The predicted octanol–water partition coefficient (Wildman–Crippen LogP) is 3.68. The average Bonchev–Trinajstić information content (AvgIpc) is 3.13. The molecule has 1 aliphatic rings. The number of nitrogens with zero attached hydrogens (tertiary/aromatic N) is 2. The minimum atomic E-state index is 0.0267. The van der Waals surface area contributed by atoms with Gasteiger partial charge in [-0.25, -0.2) is 0 Å². The fraction of sp³-hybridized carbons (Fsp3) is 0.375. The number of fused-ring (bicyclic) bond motifs is 1. The van der Waals surface area contributed by atoms with Crippen LogP contribution in [0.2, 0.25) is 0 Å². The number of likely N-dealkylation sites (tertiary alicyclic amines) is 1. The second kappa shape index (κ2) is 9.25. The van der Waals surface area contributed by atoms with Crippen LogP contribution in [0.1, 0.15) is 28.8 Å². The van der Waals surface area contributed by atoms with Gasteiger partial charge in [0.2, 0.25) is 0 Å². The first kappa shape index (κ1) is 19.7. The number of para-hydroxylation sites is 1. The van der Waals surface area contributed by atoms with Gasteiger partial charge in [0, 0.05) is 56.4 Å². The number of piperidine rings is 1. The first-order chi connectivity index (χ1) is 14.2. The summed E-state index contributed by atoms with van der Waals surface area (Å²) in [5.74, 6) is 0.0267. The quantitative estimate of drug-likeness (QED) is 0.668. The van der Waals surface area contributed by atoms with E-state index in [1.54, 1.807) is 7.11 Å². The molecule has 1 fully saturated rings. The molecule has 0 bridgehead atoms. The van der Waals surface area contributed by atoms with Crippen LogP contribution in [0.25, 0.3) is 10.9 Å². The summed E-state index contributed by atoms with van der Waals surface area (Å²) in [5.41, 5.74) is 3.18. The van der Waals surface area contributed by atoms with Crippen molar-refractivity contribution in [3.05, 3.63) is 71.9 Å². The van der Waals surface area contributed by atoms with Gasteiger partial charge < -0.3 is 14.6 Å². The Labute approximate surface area is 172 Å². The molecule has 1 aromatic heterocycles. The lowest BCUT2D eigenvalue weighted by Crippen LogP contribution is -2.44. The van der Waals surface area contributed by atoms with Gasteiger partial charge in [-0.15, -0.1) is 0 Å².